The van der Waals surface area contributed by atoms with Gasteiger partial charge in [-0.2, -0.15) is 0 Å². The minimum atomic E-state index is -3.99. The predicted molar refractivity (Wildman–Crippen MR) is 97.9 cm³/mol. The highest BCUT2D eigenvalue weighted by Crippen LogP contribution is 2.21. The van der Waals surface area contributed by atoms with E-state index in [0.29, 0.717) is 5.56 Å². The van der Waals surface area contributed by atoms with Gasteiger partial charge < -0.3 is 4.74 Å². The van der Waals surface area contributed by atoms with E-state index in [1.54, 1.807) is 12.1 Å². The topological polar surface area (TPSA) is 104 Å². The number of carbonyl (C=O) groups excluding carboxylic acids is 2. The zero-order valence-corrected chi connectivity index (χ0v) is 15.6. The van der Waals surface area contributed by atoms with Crippen LogP contribution >= 0.6 is 11.6 Å². The van der Waals surface area contributed by atoms with E-state index in [-0.39, 0.29) is 21.3 Å². The lowest BCUT2D eigenvalue weighted by atomic mass is 10.1. The lowest BCUT2D eigenvalue weighted by molar-refractivity contribution is 0.0474. The molecule has 2 rings (SSSR count). The van der Waals surface area contributed by atoms with Crippen molar-refractivity contribution in [2.45, 2.75) is 24.7 Å². The largest absolute Gasteiger partial charge is 0.454 e. The maximum absolute atomic E-state index is 12.1. The Balaban J connectivity index is 2.07. The molecular formula is C18H18ClNO5S. The number of benzene rings is 2. The summed E-state index contributed by atoms with van der Waals surface area (Å²) in [5.74, 6) is -1.28. The molecular weight excluding hydrogens is 378 g/mol. The number of sulfonamides is 1. The van der Waals surface area contributed by atoms with Crippen LogP contribution in [0, 0.1) is 0 Å². The summed E-state index contributed by atoms with van der Waals surface area (Å²) in [6.45, 7) is 1.58. The smallest absolute Gasteiger partial charge is 0.340 e. The van der Waals surface area contributed by atoms with Gasteiger partial charge in [0.25, 0.3) is 0 Å². The van der Waals surface area contributed by atoms with Gasteiger partial charge in [0, 0.05) is 5.56 Å². The lowest BCUT2D eigenvalue weighted by Gasteiger charge is -2.08. The Morgan fingerprint density at radius 1 is 1.12 bits per heavy atom. The summed E-state index contributed by atoms with van der Waals surface area (Å²) in [6.07, 6.45) is 1.92. The summed E-state index contributed by atoms with van der Waals surface area (Å²) in [7, 11) is -3.99. The van der Waals surface area contributed by atoms with Gasteiger partial charge in [-0.15, -0.1) is 0 Å². The summed E-state index contributed by atoms with van der Waals surface area (Å²) >= 11 is 5.90. The highest BCUT2D eigenvalue weighted by Gasteiger charge is 2.18. The van der Waals surface area contributed by atoms with Crippen molar-refractivity contribution in [2.24, 2.45) is 5.14 Å². The van der Waals surface area contributed by atoms with Crippen molar-refractivity contribution in [3.8, 4) is 0 Å². The Morgan fingerprint density at radius 2 is 1.77 bits per heavy atom. The van der Waals surface area contributed by atoms with E-state index in [4.69, 9.17) is 21.5 Å². The molecule has 0 aliphatic carbocycles. The van der Waals surface area contributed by atoms with Gasteiger partial charge in [-0.05, 0) is 30.2 Å². The number of carbonyl (C=O) groups is 2. The average molecular weight is 396 g/mol. The number of Topliss-reactive ketones (excluding diaryl/α,β-unsaturated/α-hetero) is 1. The highest BCUT2D eigenvalue weighted by molar-refractivity contribution is 7.89. The average Bonchev–Trinajstić information content (AvgIpc) is 2.59. The van der Waals surface area contributed by atoms with Crippen molar-refractivity contribution in [1.82, 2.24) is 0 Å². The number of primary sulfonamides is 1. The van der Waals surface area contributed by atoms with E-state index < -0.39 is 22.6 Å². The van der Waals surface area contributed by atoms with Crippen molar-refractivity contribution in [3.63, 3.8) is 0 Å². The van der Waals surface area contributed by atoms with Crippen LogP contribution in [-0.4, -0.2) is 26.8 Å². The number of halogens is 1. The van der Waals surface area contributed by atoms with E-state index in [1.807, 2.05) is 12.1 Å². The standard InChI is InChI=1S/C18H18ClNO5S/c1-2-3-12-4-6-13(7-5-12)17(21)11-25-18(22)15-10-14(26(20,23)24)8-9-16(15)19/h4-10H,2-3,11H2,1H3,(H2,20,23,24). The van der Waals surface area contributed by atoms with Crippen LogP contribution in [0.5, 0.6) is 0 Å². The van der Waals surface area contributed by atoms with Crippen LogP contribution in [0.4, 0.5) is 0 Å². The third-order valence-corrected chi connectivity index (χ3v) is 4.88. The third kappa shape index (κ3) is 5.14. The Morgan fingerprint density at radius 3 is 2.35 bits per heavy atom. The SMILES string of the molecule is CCCc1ccc(C(=O)COC(=O)c2cc(S(N)(=O)=O)ccc2Cl)cc1. The number of ketones is 1. The van der Waals surface area contributed by atoms with Crippen LogP contribution in [-0.2, 0) is 21.2 Å². The fourth-order valence-corrected chi connectivity index (χ4v) is 3.01. The van der Waals surface area contributed by atoms with Gasteiger partial charge in [0.2, 0.25) is 10.0 Å². The zero-order chi connectivity index (χ0) is 19.3. The molecule has 2 aromatic carbocycles. The van der Waals surface area contributed by atoms with E-state index in [0.717, 1.165) is 24.5 Å². The molecule has 6 nitrogen and oxygen atoms in total. The highest BCUT2D eigenvalue weighted by atomic mass is 35.5. The van der Waals surface area contributed by atoms with Crippen molar-refractivity contribution >= 4 is 33.4 Å². The van der Waals surface area contributed by atoms with E-state index in [1.165, 1.54) is 12.1 Å². The number of esters is 1. The van der Waals surface area contributed by atoms with Crippen molar-refractivity contribution in [2.75, 3.05) is 6.61 Å². The molecule has 0 amide bonds. The van der Waals surface area contributed by atoms with Crippen LogP contribution in [0.1, 0.15) is 39.6 Å². The molecule has 2 aromatic rings. The summed E-state index contributed by atoms with van der Waals surface area (Å²) in [4.78, 5) is 24.0. The molecule has 138 valence electrons. The Labute approximate surface area is 157 Å². The molecule has 0 atom stereocenters. The molecule has 0 bridgehead atoms. The Bertz CT molecular complexity index is 923. The molecule has 26 heavy (non-hydrogen) atoms. The Kier molecular flexibility index (Phi) is 6.52. The number of hydrogen-bond acceptors (Lipinski definition) is 5. The first-order chi connectivity index (χ1) is 12.2. The number of hydrogen-bond donors (Lipinski definition) is 1. The fraction of sp³-hybridized carbons (Fsp3) is 0.222. The maximum atomic E-state index is 12.1. The molecule has 0 spiro atoms. The van der Waals surface area contributed by atoms with Crippen LogP contribution in [0.3, 0.4) is 0 Å². The van der Waals surface area contributed by atoms with E-state index >= 15 is 0 Å². The predicted octanol–water partition coefficient (Wildman–Crippen LogP) is 2.98. The molecule has 0 aromatic heterocycles. The summed E-state index contributed by atoms with van der Waals surface area (Å²) < 4.78 is 27.7. The number of nitrogens with two attached hydrogens (primary N) is 1. The van der Waals surface area contributed by atoms with Gasteiger partial charge in [0.05, 0.1) is 15.5 Å². The third-order valence-electron chi connectivity index (χ3n) is 3.64. The first kappa shape index (κ1) is 20.1. The number of rotatable bonds is 7. The number of aryl methyl sites for hydroxylation is 1. The molecule has 0 radical (unpaired) electrons. The van der Waals surface area contributed by atoms with Crippen LogP contribution < -0.4 is 5.14 Å². The molecule has 0 heterocycles. The molecule has 8 heteroatoms. The second kappa shape index (κ2) is 8.44. The minimum Gasteiger partial charge on any atom is -0.454 e. The van der Waals surface area contributed by atoms with Crippen molar-refractivity contribution in [3.05, 3.63) is 64.2 Å². The van der Waals surface area contributed by atoms with Gasteiger partial charge in [-0.1, -0.05) is 49.2 Å². The van der Waals surface area contributed by atoms with Gasteiger partial charge >= 0.3 is 5.97 Å². The minimum absolute atomic E-state index is 0.00114. The second-order valence-corrected chi connectivity index (χ2v) is 7.60. The first-order valence-electron chi connectivity index (χ1n) is 7.84. The molecule has 0 fully saturated rings. The maximum Gasteiger partial charge on any atom is 0.340 e. The monoisotopic (exact) mass is 395 g/mol. The van der Waals surface area contributed by atoms with Crippen LogP contribution in [0.25, 0.3) is 0 Å². The lowest BCUT2D eigenvalue weighted by Crippen LogP contribution is -2.16. The van der Waals surface area contributed by atoms with Gasteiger partial charge in [0.15, 0.2) is 12.4 Å². The molecule has 0 aliphatic heterocycles. The van der Waals surface area contributed by atoms with E-state index in [9.17, 15) is 18.0 Å². The summed E-state index contributed by atoms with van der Waals surface area (Å²) in [5.41, 5.74) is 1.36. The second-order valence-electron chi connectivity index (χ2n) is 5.63. The van der Waals surface area contributed by atoms with Crippen molar-refractivity contribution in [1.29, 1.82) is 0 Å². The fourth-order valence-electron chi connectivity index (χ4n) is 2.28. The Hall–Kier alpha value is -2.22. The molecule has 0 saturated heterocycles. The number of ether oxygens (including phenoxy) is 1. The van der Waals surface area contributed by atoms with Gasteiger partial charge in [-0.3, -0.25) is 4.79 Å². The molecule has 2 N–H and O–H groups in total. The van der Waals surface area contributed by atoms with Crippen LogP contribution in [0.15, 0.2) is 47.4 Å². The van der Waals surface area contributed by atoms with Crippen LogP contribution in [0.2, 0.25) is 5.02 Å². The van der Waals surface area contributed by atoms with Crippen molar-refractivity contribution < 1.29 is 22.7 Å². The van der Waals surface area contributed by atoms with E-state index in [2.05, 4.69) is 6.92 Å². The van der Waals surface area contributed by atoms with Gasteiger partial charge in [0.1, 0.15) is 0 Å². The zero-order valence-electron chi connectivity index (χ0n) is 14.1. The van der Waals surface area contributed by atoms with Gasteiger partial charge in [-0.25, -0.2) is 18.4 Å². The summed E-state index contributed by atoms with van der Waals surface area (Å²) in [5, 5.41) is 5.03. The molecule has 0 unspecified atom stereocenters. The molecule has 0 saturated carbocycles. The molecule has 0 aliphatic rings. The normalized spacial score (nSPS) is 11.2. The summed E-state index contributed by atoms with van der Waals surface area (Å²) in [6, 6.07) is 10.5. The first-order valence-corrected chi connectivity index (χ1v) is 9.76. The quantitative estimate of drug-likeness (QED) is 0.573.